The Balaban J connectivity index is 2.08. The Labute approximate surface area is 88.6 Å². The Hall–Kier alpha value is -0.250. The van der Waals surface area contributed by atoms with Crippen LogP contribution in [0.2, 0.25) is 0 Å². The van der Waals surface area contributed by atoms with Crippen molar-refractivity contribution in [3.63, 3.8) is 0 Å². The lowest BCUT2D eigenvalue weighted by Gasteiger charge is -2.47. The number of hydrogen-bond donors (Lipinski definition) is 0. The zero-order chi connectivity index (χ0) is 11.1. The molecule has 1 saturated heterocycles. The third-order valence-corrected chi connectivity index (χ3v) is 4.07. The molecule has 0 radical (unpaired) electrons. The maximum Gasteiger partial charge on any atom is 0.404 e. The van der Waals surface area contributed by atoms with Gasteiger partial charge in [0.15, 0.2) is 0 Å². The number of halogens is 3. The van der Waals surface area contributed by atoms with Crippen LogP contribution in [0.5, 0.6) is 0 Å². The van der Waals surface area contributed by atoms with Crippen LogP contribution in [0.4, 0.5) is 13.2 Å². The third-order valence-electron chi connectivity index (χ3n) is 4.07. The standard InChI is InChI=1S/C11H18F3N/c1-15-9-5-3-2-4-8(9)6-7-10(15)11(12,13)14/h8-10H,2-7H2,1H3. The van der Waals surface area contributed by atoms with E-state index in [1.54, 1.807) is 11.9 Å². The van der Waals surface area contributed by atoms with Gasteiger partial charge >= 0.3 is 6.18 Å². The van der Waals surface area contributed by atoms with Gasteiger partial charge < -0.3 is 0 Å². The molecule has 1 aliphatic carbocycles. The topological polar surface area (TPSA) is 3.24 Å². The Morgan fingerprint density at radius 2 is 1.67 bits per heavy atom. The van der Waals surface area contributed by atoms with Crippen LogP contribution in [0.15, 0.2) is 0 Å². The molecule has 1 aliphatic heterocycles. The van der Waals surface area contributed by atoms with E-state index in [2.05, 4.69) is 0 Å². The fraction of sp³-hybridized carbons (Fsp3) is 1.00. The number of fused-ring (bicyclic) bond motifs is 1. The lowest BCUT2D eigenvalue weighted by atomic mass is 9.76. The van der Waals surface area contributed by atoms with Crippen LogP contribution >= 0.6 is 0 Å². The number of rotatable bonds is 0. The molecule has 0 aromatic rings. The van der Waals surface area contributed by atoms with E-state index in [0.29, 0.717) is 12.3 Å². The number of nitrogens with zero attached hydrogens (tertiary/aromatic N) is 1. The highest BCUT2D eigenvalue weighted by molar-refractivity contribution is 4.93. The first-order valence-corrected chi connectivity index (χ1v) is 5.79. The summed E-state index contributed by atoms with van der Waals surface area (Å²) in [5.41, 5.74) is 0. The van der Waals surface area contributed by atoms with Crippen molar-refractivity contribution in [2.45, 2.75) is 56.8 Å². The molecular weight excluding hydrogens is 203 g/mol. The molecule has 3 unspecified atom stereocenters. The molecule has 15 heavy (non-hydrogen) atoms. The summed E-state index contributed by atoms with van der Waals surface area (Å²) >= 11 is 0. The molecule has 1 nitrogen and oxygen atoms in total. The zero-order valence-corrected chi connectivity index (χ0v) is 9.06. The van der Waals surface area contributed by atoms with Crippen LogP contribution in [0.1, 0.15) is 38.5 Å². The Bertz CT molecular complexity index is 226. The van der Waals surface area contributed by atoms with Crippen molar-refractivity contribution in [2.24, 2.45) is 5.92 Å². The highest BCUT2D eigenvalue weighted by Crippen LogP contribution is 2.41. The molecule has 0 bridgehead atoms. The normalized spacial score (nSPS) is 38.8. The van der Waals surface area contributed by atoms with Crippen LogP contribution < -0.4 is 0 Å². The second-order valence-electron chi connectivity index (χ2n) is 4.91. The maximum atomic E-state index is 12.7. The number of hydrogen-bond acceptors (Lipinski definition) is 1. The van der Waals surface area contributed by atoms with Gasteiger partial charge in [-0.2, -0.15) is 13.2 Å². The molecule has 2 rings (SSSR count). The molecule has 0 spiro atoms. The van der Waals surface area contributed by atoms with Gasteiger partial charge in [-0.15, -0.1) is 0 Å². The molecular formula is C11H18F3N. The highest BCUT2D eigenvalue weighted by Gasteiger charge is 2.48. The van der Waals surface area contributed by atoms with E-state index in [1.165, 1.54) is 6.42 Å². The SMILES string of the molecule is CN1C2CCCCC2CCC1C(F)(F)F. The molecule has 3 atom stereocenters. The number of alkyl halides is 3. The van der Waals surface area contributed by atoms with E-state index in [1.807, 2.05) is 0 Å². The van der Waals surface area contributed by atoms with E-state index in [4.69, 9.17) is 0 Å². The van der Waals surface area contributed by atoms with Crippen molar-refractivity contribution in [1.29, 1.82) is 0 Å². The van der Waals surface area contributed by atoms with E-state index in [-0.39, 0.29) is 6.04 Å². The van der Waals surface area contributed by atoms with E-state index in [0.717, 1.165) is 25.7 Å². The molecule has 0 aromatic heterocycles. The molecule has 1 saturated carbocycles. The average molecular weight is 221 g/mol. The Morgan fingerprint density at radius 3 is 2.33 bits per heavy atom. The summed E-state index contributed by atoms with van der Waals surface area (Å²) in [7, 11) is 1.65. The van der Waals surface area contributed by atoms with Crippen molar-refractivity contribution in [3.05, 3.63) is 0 Å². The lowest BCUT2D eigenvalue weighted by molar-refractivity contribution is -0.201. The second kappa shape index (κ2) is 3.96. The minimum atomic E-state index is -4.04. The van der Waals surface area contributed by atoms with Crippen molar-refractivity contribution in [1.82, 2.24) is 4.90 Å². The van der Waals surface area contributed by atoms with E-state index < -0.39 is 12.2 Å². The third kappa shape index (κ3) is 2.14. The van der Waals surface area contributed by atoms with Gasteiger partial charge in [-0.05, 0) is 38.6 Å². The molecule has 0 aromatic carbocycles. The molecule has 88 valence electrons. The van der Waals surface area contributed by atoms with Gasteiger partial charge in [0.25, 0.3) is 0 Å². The predicted molar refractivity (Wildman–Crippen MR) is 52.6 cm³/mol. The quantitative estimate of drug-likeness (QED) is 0.607. The largest absolute Gasteiger partial charge is 0.404 e. The summed E-state index contributed by atoms with van der Waals surface area (Å²) < 4.78 is 38.1. The first kappa shape index (κ1) is 11.2. The molecule has 1 heterocycles. The summed E-state index contributed by atoms with van der Waals surface area (Å²) in [4.78, 5) is 1.59. The van der Waals surface area contributed by atoms with Crippen molar-refractivity contribution < 1.29 is 13.2 Å². The predicted octanol–water partition coefficient (Wildman–Crippen LogP) is 3.20. The molecule has 0 amide bonds. The smallest absolute Gasteiger partial charge is 0.292 e. The molecule has 4 heteroatoms. The Morgan fingerprint density at radius 1 is 1.00 bits per heavy atom. The van der Waals surface area contributed by atoms with Crippen molar-refractivity contribution >= 4 is 0 Å². The molecule has 2 fully saturated rings. The summed E-state index contributed by atoms with van der Waals surface area (Å²) in [6.45, 7) is 0. The van der Waals surface area contributed by atoms with Crippen LogP contribution in [-0.4, -0.2) is 30.2 Å². The maximum absolute atomic E-state index is 12.7. The highest BCUT2D eigenvalue weighted by atomic mass is 19.4. The lowest BCUT2D eigenvalue weighted by Crippen LogP contribution is -2.55. The summed E-state index contributed by atoms with van der Waals surface area (Å²) in [5, 5.41) is 0. The van der Waals surface area contributed by atoms with Gasteiger partial charge in [0.2, 0.25) is 0 Å². The van der Waals surface area contributed by atoms with Crippen LogP contribution in [0.25, 0.3) is 0 Å². The number of likely N-dealkylation sites (tertiary alicyclic amines) is 1. The van der Waals surface area contributed by atoms with Crippen LogP contribution in [0.3, 0.4) is 0 Å². The van der Waals surface area contributed by atoms with Gasteiger partial charge in [-0.25, -0.2) is 0 Å². The van der Waals surface area contributed by atoms with Gasteiger partial charge in [0, 0.05) is 6.04 Å². The summed E-state index contributed by atoms with van der Waals surface area (Å²) in [6.07, 6.45) is 1.38. The number of piperidine rings is 1. The van der Waals surface area contributed by atoms with Gasteiger partial charge in [-0.3, -0.25) is 4.90 Å². The molecule has 0 N–H and O–H groups in total. The fourth-order valence-corrected chi connectivity index (χ4v) is 3.26. The summed E-state index contributed by atoms with van der Waals surface area (Å²) in [5.74, 6) is 0.516. The minimum Gasteiger partial charge on any atom is -0.292 e. The molecule has 2 aliphatic rings. The minimum absolute atomic E-state index is 0.180. The van der Waals surface area contributed by atoms with Gasteiger partial charge in [0.1, 0.15) is 6.04 Å². The van der Waals surface area contributed by atoms with Gasteiger partial charge in [-0.1, -0.05) is 12.8 Å². The summed E-state index contributed by atoms with van der Waals surface area (Å²) in [6, 6.07) is -1.02. The monoisotopic (exact) mass is 221 g/mol. The van der Waals surface area contributed by atoms with E-state index in [9.17, 15) is 13.2 Å². The van der Waals surface area contributed by atoms with Crippen LogP contribution in [-0.2, 0) is 0 Å². The van der Waals surface area contributed by atoms with Crippen LogP contribution in [0, 0.1) is 5.92 Å². The van der Waals surface area contributed by atoms with Crippen molar-refractivity contribution in [3.8, 4) is 0 Å². The first-order valence-electron chi connectivity index (χ1n) is 5.79. The van der Waals surface area contributed by atoms with Crippen molar-refractivity contribution in [2.75, 3.05) is 7.05 Å². The fourth-order valence-electron chi connectivity index (χ4n) is 3.26. The average Bonchev–Trinajstić information content (AvgIpc) is 2.16. The second-order valence-corrected chi connectivity index (χ2v) is 4.91. The zero-order valence-electron chi connectivity index (χ0n) is 9.06. The van der Waals surface area contributed by atoms with Gasteiger partial charge in [0.05, 0.1) is 0 Å². The first-order chi connectivity index (χ1) is 7.00. The Kier molecular flexibility index (Phi) is 2.97. The van der Waals surface area contributed by atoms with E-state index >= 15 is 0 Å².